The lowest BCUT2D eigenvalue weighted by atomic mass is 10.0. The van der Waals surface area contributed by atoms with Gasteiger partial charge in [0.1, 0.15) is 0 Å². The van der Waals surface area contributed by atoms with Crippen LogP contribution in [0.3, 0.4) is 0 Å². The van der Waals surface area contributed by atoms with Crippen LogP contribution in [0.1, 0.15) is 23.7 Å². The van der Waals surface area contributed by atoms with Crippen molar-refractivity contribution in [3.05, 3.63) is 59.7 Å². The van der Waals surface area contributed by atoms with Crippen LogP contribution in [0.25, 0.3) is 0 Å². The molecule has 2 aromatic carbocycles. The number of halogens is 1. The highest BCUT2D eigenvalue weighted by molar-refractivity contribution is 5.95. The first-order valence-electron chi connectivity index (χ1n) is 7.53. The first-order valence-corrected chi connectivity index (χ1v) is 7.53. The molecule has 23 heavy (non-hydrogen) atoms. The summed E-state index contributed by atoms with van der Waals surface area (Å²) in [5.74, 6) is -0.155. The largest absolute Gasteiger partial charge is 0.385 e. The van der Waals surface area contributed by atoms with E-state index < -0.39 is 6.10 Å². The third-order valence-corrected chi connectivity index (χ3v) is 3.89. The Bertz CT molecular complexity index is 661. The van der Waals surface area contributed by atoms with Crippen LogP contribution in [0.5, 0.6) is 0 Å². The minimum Gasteiger partial charge on any atom is -0.385 e. The number of fused-ring (bicyclic) bond motifs is 1. The molecule has 2 aromatic rings. The molecule has 122 valence electrons. The van der Waals surface area contributed by atoms with Gasteiger partial charge in [-0.3, -0.25) is 4.79 Å². The highest BCUT2D eigenvalue weighted by atomic mass is 35.5. The summed E-state index contributed by atoms with van der Waals surface area (Å²) < 4.78 is 5.36. The van der Waals surface area contributed by atoms with Crippen LogP contribution in [0.2, 0.25) is 0 Å². The monoisotopic (exact) mass is 332 g/mol. The second-order valence-corrected chi connectivity index (χ2v) is 5.42. The van der Waals surface area contributed by atoms with Gasteiger partial charge in [0, 0.05) is 25.0 Å². The van der Waals surface area contributed by atoms with Crippen LogP contribution in [0, 0.1) is 0 Å². The van der Waals surface area contributed by atoms with Gasteiger partial charge in [-0.1, -0.05) is 30.3 Å². The maximum Gasteiger partial charge on any atom is 0.258 e. The fourth-order valence-electron chi connectivity index (χ4n) is 2.78. The van der Waals surface area contributed by atoms with Crippen LogP contribution in [-0.4, -0.2) is 19.6 Å². The number of hydrogen-bond acceptors (Lipinski definition) is 3. The zero-order chi connectivity index (χ0) is 15.4. The average Bonchev–Trinajstić information content (AvgIpc) is 2.56. The number of carbonyl (C=O) groups is 1. The second-order valence-electron chi connectivity index (χ2n) is 5.42. The fraction of sp³-hybridized carbons (Fsp3) is 0.278. The quantitative estimate of drug-likeness (QED) is 0.895. The Morgan fingerprint density at radius 1 is 1.22 bits per heavy atom. The van der Waals surface area contributed by atoms with Crippen LogP contribution >= 0.6 is 12.4 Å². The van der Waals surface area contributed by atoms with Gasteiger partial charge in [-0.25, -0.2) is 0 Å². The van der Waals surface area contributed by atoms with Gasteiger partial charge in [0.05, 0.1) is 0 Å². The number of benzene rings is 2. The molecule has 5 heteroatoms. The van der Waals surface area contributed by atoms with Gasteiger partial charge in [-0.05, 0) is 42.2 Å². The molecule has 1 heterocycles. The molecule has 1 aliphatic rings. The Hall–Kier alpha value is -2.04. The molecule has 1 aliphatic heterocycles. The van der Waals surface area contributed by atoms with Crippen molar-refractivity contribution in [2.24, 2.45) is 0 Å². The van der Waals surface area contributed by atoms with E-state index in [4.69, 9.17) is 4.74 Å². The molecule has 0 spiro atoms. The average molecular weight is 333 g/mol. The van der Waals surface area contributed by atoms with E-state index in [9.17, 15) is 4.79 Å². The number of ether oxygens (including phenoxy) is 1. The molecule has 0 bridgehead atoms. The van der Waals surface area contributed by atoms with E-state index in [1.807, 2.05) is 48.5 Å². The molecule has 0 aliphatic carbocycles. The summed E-state index contributed by atoms with van der Waals surface area (Å²) >= 11 is 0. The summed E-state index contributed by atoms with van der Waals surface area (Å²) in [6.07, 6.45) is 1.56. The fourth-order valence-corrected chi connectivity index (χ4v) is 2.78. The number of hydrogen-bond donors (Lipinski definition) is 2. The number of carbonyl (C=O) groups excluding carboxylic acids is 1. The van der Waals surface area contributed by atoms with Crippen LogP contribution in [-0.2, 0) is 16.0 Å². The van der Waals surface area contributed by atoms with E-state index in [1.165, 1.54) is 5.56 Å². The maximum atomic E-state index is 12.5. The first kappa shape index (κ1) is 17.3. The Balaban J connectivity index is 0.00000192. The molecule has 4 nitrogen and oxygen atoms in total. The lowest BCUT2D eigenvalue weighted by Crippen LogP contribution is -2.22. The van der Waals surface area contributed by atoms with Crippen molar-refractivity contribution in [3.63, 3.8) is 0 Å². The van der Waals surface area contributed by atoms with Gasteiger partial charge in [-0.15, -0.1) is 12.4 Å². The predicted molar refractivity (Wildman–Crippen MR) is 95.3 cm³/mol. The molecule has 2 N–H and O–H groups in total. The number of rotatable bonds is 4. The number of aryl methyl sites for hydroxylation is 1. The highest BCUT2D eigenvalue weighted by Gasteiger charge is 2.20. The van der Waals surface area contributed by atoms with Gasteiger partial charge in [0.2, 0.25) is 0 Å². The molecule has 0 aromatic heterocycles. The summed E-state index contributed by atoms with van der Waals surface area (Å²) in [5.41, 5.74) is 4.07. The second kappa shape index (κ2) is 7.99. The summed E-state index contributed by atoms with van der Waals surface area (Å²) in [7, 11) is 1.55. The van der Waals surface area contributed by atoms with Crippen molar-refractivity contribution in [3.8, 4) is 0 Å². The van der Waals surface area contributed by atoms with Crippen LogP contribution in [0.4, 0.5) is 11.4 Å². The van der Waals surface area contributed by atoms with E-state index >= 15 is 0 Å². The summed E-state index contributed by atoms with van der Waals surface area (Å²) in [5, 5.41) is 6.32. The van der Waals surface area contributed by atoms with Gasteiger partial charge in [0.15, 0.2) is 6.10 Å². The van der Waals surface area contributed by atoms with Crippen molar-refractivity contribution in [1.29, 1.82) is 0 Å². The summed E-state index contributed by atoms with van der Waals surface area (Å²) in [6, 6.07) is 15.5. The molecule has 3 rings (SSSR count). The molecule has 0 saturated heterocycles. The third kappa shape index (κ3) is 4.03. The summed E-state index contributed by atoms with van der Waals surface area (Å²) in [4.78, 5) is 12.5. The van der Waals surface area contributed by atoms with Crippen LogP contribution in [0.15, 0.2) is 48.5 Å². The van der Waals surface area contributed by atoms with Gasteiger partial charge >= 0.3 is 0 Å². The summed E-state index contributed by atoms with van der Waals surface area (Å²) in [6.45, 7) is 1.01. The normalized spacial score (nSPS) is 14.0. The van der Waals surface area contributed by atoms with Gasteiger partial charge in [0.25, 0.3) is 5.91 Å². The van der Waals surface area contributed by atoms with E-state index in [0.29, 0.717) is 0 Å². The Labute approximate surface area is 142 Å². The Morgan fingerprint density at radius 2 is 2.00 bits per heavy atom. The lowest BCUT2D eigenvalue weighted by molar-refractivity contribution is -0.126. The van der Waals surface area contributed by atoms with E-state index in [0.717, 1.165) is 36.3 Å². The first-order chi connectivity index (χ1) is 10.8. The zero-order valence-corrected chi connectivity index (χ0v) is 13.9. The molecule has 1 amide bonds. The standard InChI is InChI=1S/C18H20N2O2.ClH/c1-22-17(13-6-3-2-4-7-13)18(21)20-15-9-10-16-14(12-15)8-5-11-19-16;/h2-4,6-7,9-10,12,17,19H,5,8,11H2,1H3,(H,20,21);1H. The number of anilines is 2. The molecule has 0 fully saturated rings. The smallest absolute Gasteiger partial charge is 0.258 e. The van der Waals surface area contributed by atoms with Gasteiger partial charge < -0.3 is 15.4 Å². The van der Waals surface area contributed by atoms with Gasteiger partial charge in [-0.2, -0.15) is 0 Å². The van der Waals surface area contributed by atoms with Crippen molar-refractivity contribution in [2.45, 2.75) is 18.9 Å². The SMILES string of the molecule is COC(C(=O)Nc1ccc2c(c1)CCCN2)c1ccccc1.Cl. The minimum absolute atomic E-state index is 0. The molecule has 1 atom stereocenters. The van der Waals surface area contributed by atoms with Crippen LogP contribution < -0.4 is 10.6 Å². The van der Waals surface area contributed by atoms with E-state index in [2.05, 4.69) is 10.6 Å². The van der Waals surface area contributed by atoms with E-state index in [1.54, 1.807) is 7.11 Å². The zero-order valence-electron chi connectivity index (χ0n) is 13.0. The minimum atomic E-state index is -0.602. The van der Waals surface area contributed by atoms with Crippen molar-refractivity contribution in [1.82, 2.24) is 0 Å². The molecule has 1 unspecified atom stereocenters. The third-order valence-electron chi connectivity index (χ3n) is 3.89. The molecular weight excluding hydrogens is 312 g/mol. The predicted octanol–water partition coefficient (Wildman–Crippen LogP) is 3.79. The van der Waals surface area contributed by atoms with Crippen molar-refractivity contribution >= 4 is 29.7 Å². The topological polar surface area (TPSA) is 50.4 Å². The van der Waals surface area contributed by atoms with Crippen molar-refractivity contribution < 1.29 is 9.53 Å². The lowest BCUT2D eigenvalue weighted by Gasteiger charge is -2.20. The number of nitrogens with one attached hydrogen (secondary N) is 2. The molecule has 0 radical (unpaired) electrons. The Morgan fingerprint density at radius 3 is 2.74 bits per heavy atom. The number of amides is 1. The number of methoxy groups -OCH3 is 1. The maximum absolute atomic E-state index is 12.5. The Kier molecular flexibility index (Phi) is 6.02. The molecule has 0 saturated carbocycles. The highest BCUT2D eigenvalue weighted by Crippen LogP contribution is 2.26. The van der Waals surface area contributed by atoms with E-state index in [-0.39, 0.29) is 18.3 Å². The van der Waals surface area contributed by atoms with Crippen molar-refractivity contribution in [2.75, 3.05) is 24.3 Å². The molecular formula is C18H21ClN2O2.